The fourth-order valence-corrected chi connectivity index (χ4v) is 0.941. The molecule has 1 rings (SSSR count). The van der Waals surface area contributed by atoms with E-state index in [1.165, 1.54) is 6.20 Å². The van der Waals surface area contributed by atoms with Crippen LogP contribution in [0.15, 0.2) is 23.1 Å². The average molecular weight is 182 g/mol. The first-order chi connectivity index (χ1) is 6.11. The van der Waals surface area contributed by atoms with Gasteiger partial charge in [-0.25, -0.2) is 0 Å². The van der Waals surface area contributed by atoms with Gasteiger partial charge in [-0.15, -0.1) is 0 Å². The standard InChI is InChI=1S/C8H10N2O3/c9-6(8(12)13)4-5-2-1-3-10-7(5)11/h1-3,6H,4,9H2,(H,10,11)(H,12,13). The number of carbonyl (C=O) groups is 1. The molecule has 13 heavy (non-hydrogen) atoms. The zero-order chi connectivity index (χ0) is 9.84. The highest BCUT2D eigenvalue weighted by atomic mass is 16.4. The minimum Gasteiger partial charge on any atom is -0.480 e. The number of rotatable bonds is 3. The van der Waals surface area contributed by atoms with E-state index >= 15 is 0 Å². The zero-order valence-corrected chi connectivity index (χ0v) is 6.86. The van der Waals surface area contributed by atoms with Gasteiger partial charge in [0.1, 0.15) is 6.04 Å². The van der Waals surface area contributed by atoms with Crippen molar-refractivity contribution in [1.82, 2.24) is 4.98 Å². The van der Waals surface area contributed by atoms with Crippen LogP contribution in [0, 0.1) is 0 Å². The summed E-state index contributed by atoms with van der Waals surface area (Å²) in [6.45, 7) is 0. The Morgan fingerprint density at radius 3 is 2.92 bits per heavy atom. The van der Waals surface area contributed by atoms with Crippen molar-refractivity contribution in [2.45, 2.75) is 12.5 Å². The van der Waals surface area contributed by atoms with E-state index < -0.39 is 12.0 Å². The molecule has 1 aromatic heterocycles. The fourth-order valence-electron chi connectivity index (χ4n) is 0.941. The molecule has 0 amide bonds. The summed E-state index contributed by atoms with van der Waals surface area (Å²) in [4.78, 5) is 23.9. The molecule has 4 N–H and O–H groups in total. The lowest BCUT2D eigenvalue weighted by atomic mass is 10.1. The predicted molar refractivity (Wildman–Crippen MR) is 46.4 cm³/mol. The van der Waals surface area contributed by atoms with Gasteiger partial charge in [-0.05, 0) is 6.07 Å². The van der Waals surface area contributed by atoms with Crippen LogP contribution in [0.5, 0.6) is 0 Å². The highest BCUT2D eigenvalue weighted by Crippen LogP contribution is 1.94. The number of carboxylic acids is 1. The van der Waals surface area contributed by atoms with Crippen molar-refractivity contribution in [1.29, 1.82) is 0 Å². The van der Waals surface area contributed by atoms with Crippen LogP contribution in [0.25, 0.3) is 0 Å². The Morgan fingerprint density at radius 2 is 2.38 bits per heavy atom. The molecule has 1 unspecified atom stereocenters. The maximum absolute atomic E-state index is 11.1. The number of nitrogens with one attached hydrogen (secondary N) is 1. The van der Waals surface area contributed by atoms with E-state index in [1.54, 1.807) is 12.1 Å². The molecular weight excluding hydrogens is 172 g/mol. The molecule has 0 fully saturated rings. The Kier molecular flexibility index (Phi) is 2.81. The molecule has 1 heterocycles. The summed E-state index contributed by atoms with van der Waals surface area (Å²) < 4.78 is 0. The molecule has 0 aliphatic heterocycles. The van der Waals surface area contributed by atoms with Crippen LogP contribution in [0.3, 0.4) is 0 Å². The van der Waals surface area contributed by atoms with Gasteiger partial charge in [0, 0.05) is 18.2 Å². The van der Waals surface area contributed by atoms with Gasteiger partial charge in [-0.1, -0.05) is 6.07 Å². The van der Waals surface area contributed by atoms with Crippen LogP contribution < -0.4 is 11.3 Å². The van der Waals surface area contributed by atoms with Gasteiger partial charge >= 0.3 is 5.97 Å². The third-order valence-corrected chi connectivity index (χ3v) is 1.66. The highest BCUT2D eigenvalue weighted by molar-refractivity contribution is 5.73. The van der Waals surface area contributed by atoms with E-state index in [4.69, 9.17) is 10.8 Å². The summed E-state index contributed by atoms with van der Waals surface area (Å²) in [5.41, 5.74) is 5.36. The van der Waals surface area contributed by atoms with Crippen LogP contribution in [0.2, 0.25) is 0 Å². The third-order valence-electron chi connectivity index (χ3n) is 1.66. The molecule has 70 valence electrons. The molecule has 0 bridgehead atoms. The third kappa shape index (κ3) is 2.41. The number of aliphatic carboxylic acids is 1. The maximum atomic E-state index is 11.1. The Morgan fingerprint density at radius 1 is 1.69 bits per heavy atom. The maximum Gasteiger partial charge on any atom is 0.320 e. The largest absolute Gasteiger partial charge is 0.480 e. The molecule has 0 radical (unpaired) electrons. The van der Waals surface area contributed by atoms with E-state index in [0.29, 0.717) is 5.56 Å². The van der Waals surface area contributed by atoms with E-state index in [2.05, 4.69) is 4.98 Å². The second-order valence-electron chi connectivity index (χ2n) is 2.67. The molecule has 0 saturated carbocycles. The SMILES string of the molecule is NC(Cc1ccc[nH]c1=O)C(=O)O. The van der Waals surface area contributed by atoms with E-state index in [1.807, 2.05) is 0 Å². The molecule has 5 nitrogen and oxygen atoms in total. The van der Waals surface area contributed by atoms with Crippen molar-refractivity contribution in [3.05, 3.63) is 34.2 Å². The summed E-state index contributed by atoms with van der Waals surface area (Å²) >= 11 is 0. The Labute approximate surface area is 74.2 Å². The number of hydrogen-bond donors (Lipinski definition) is 3. The lowest BCUT2D eigenvalue weighted by Gasteiger charge is -2.04. The van der Waals surface area contributed by atoms with Gasteiger partial charge in [-0.2, -0.15) is 0 Å². The zero-order valence-electron chi connectivity index (χ0n) is 6.86. The summed E-state index contributed by atoms with van der Waals surface area (Å²) in [5, 5.41) is 8.50. The molecule has 1 aromatic rings. The molecule has 0 aliphatic rings. The lowest BCUT2D eigenvalue weighted by Crippen LogP contribution is -2.34. The van der Waals surface area contributed by atoms with Crippen LogP contribution in [-0.4, -0.2) is 22.1 Å². The monoisotopic (exact) mass is 182 g/mol. The lowest BCUT2D eigenvalue weighted by molar-refractivity contribution is -0.138. The van der Waals surface area contributed by atoms with Crippen LogP contribution in [0.4, 0.5) is 0 Å². The Bertz CT molecular complexity index is 358. The summed E-state index contributed by atoms with van der Waals surface area (Å²) in [6.07, 6.45) is 1.53. The number of aromatic amines is 1. The predicted octanol–water partition coefficient (Wildman–Crippen LogP) is -0.671. The smallest absolute Gasteiger partial charge is 0.320 e. The molecule has 0 saturated heterocycles. The van der Waals surface area contributed by atoms with Crippen molar-refractivity contribution < 1.29 is 9.90 Å². The molecular formula is C8H10N2O3. The molecule has 1 atom stereocenters. The van der Waals surface area contributed by atoms with Crippen molar-refractivity contribution in [2.75, 3.05) is 0 Å². The van der Waals surface area contributed by atoms with E-state index in [-0.39, 0.29) is 12.0 Å². The average Bonchev–Trinajstić information content (AvgIpc) is 2.08. The first-order valence-corrected chi connectivity index (χ1v) is 3.76. The fraction of sp³-hybridized carbons (Fsp3) is 0.250. The van der Waals surface area contributed by atoms with Gasteiger partial charge in [0.2, 0.25) is 0 Å². The van der Waals surface area contributed by atoms with Crippen molar-refractivity contribution >= 4 is 5.97 Å². The molecule has 0 aromatic carbocycles. The van der Waals surface area contributed by atoms with Crippen molar-refractivity contribution in [3.63, 3.8) is 0 Å². The van der Waals surface area contributed by atoms with Gasteiger partial charge in [0.05, 0.1) is 0 Å². The number of pyridine rings is 1. The van der Waals surface area contributed by atoms with Crippen LogP contribution >= 0.6 is 0 Å². The Hall–Kier alpha value is -1.62. The quantitative estimate of drug-likeness (QED) is 0.577. The second kappa shape index (κ2) is 3.86. The number of carboxylic acid groups (broad SMARTS) is 1. The summed E-state index contributed by atoms with van der Waals surface area (Å²) in [6, 6.07) is 2.16. The summed E-state index contributed by atoms with van der Waals surface area (Å²) in [5.74, 6) is -1.11. The van der Waals surface area contributed by atoms with Gasteiger partial charge in [0.15, 0.2) is 0 Å². The van der Waals surface area contributed by atoms with E-state index in [9.17, 15) is 9.59 Å². The van der Waals surface area contributed by atoms with Crippen molar-refractivity contribution in [3.8, 4) is 0 Å². The number of hydrogen-bond acceptors (Lipinski definition) is 3. The highest BCUT2D eigenvalue weighted by Gasteiger charge is 2.13. The van der Waals surface area contributed by atoms with Gasteiger partial charge < -0.3 is 15.8 Å². The first kappa shape index (κ1) is 9.47. The normalized spacial score (nSPS) is 12.4. The van der Waals surface area contributed by atoms with Crippen LogP contribution in [-0.2, 0) is 11.2 Å². The van der Waals surface area contributed by atoms with Gasteiger partial charge in [0.25, 0.3) is 5.56 Å². The minimum absolute atomic E-state index is 0.0471. The number of aromatic nitrogens is 1. The molecule has 5 heteroatoms. The topological polar surface area (TPSA) is 96.2 Å². The Balaban J connectivity index is 2.81. The number of H-pyrrole nitrogens is 1. The van der Waals surface area contributed by atoms with E-state index in [0.717, 1.165) is 0 Å². The second-order valence-corrected chi connectivity index (χ2v) is 2.67. The van der Waals surface area contributed by atoms with Crippen LogP contribution in [0.1, 0.15) is 5.56 Å². The molecule has 0 spiro atoms. The number of nitrogens with two attached hydrogens (primary N) is 1. The molecule has 0 aliphatic carbocycles. The first-order valence-electron chi connectivity index (χ1n) is 3.76. The van der Waals surface area contributed by atoms with Gasteiger partial charge in [-0.3, -0.25) is 9.59 Å². The van der Waals surface area contributed by atoms with Crippen molar-refractivity contribution in [2.24, 2.45) is 5.73 Å². The minimum atomic E-state index is -1.11. The summed E-state index contributed by atoms with van der Waals surface area (Å²) in [7, 11) is 0.